The fourth-order valence-electron chi connectivity index (χ4n) is 1.39. The highest BCUT2D eigenvalue weighted by atomic mass is 32.2. The minimum atomic E-state index is -0.844. The molecule has 17 heavy (non-hydrogen) atoms. The molecule has 1 atom stereocenters. The van der Waals surface area contributed by atoms with E-state index >= 15 is 0 Å². The zero-order chi connectivity index (χ0) is 12.8. The molecule has 4 heteroatoms. The van der Waals surface area contributed by atoms with Crippen molar-refractivity contribution < 1.29 is 9.00 Å². The van der Waals surface area contributed by atoms with Crippen molar-refractivity contribution in [1.82, 2.24) is 5.32 Å². The molecule has 0 saturated heterocycles. The Morgan fingerprint density at radius 1 is 1.29 bits per heavy atom. The summed E-state index contributed by atoms with van der Waals surface area (Å²) in [6, 6.07) is 7.26. The molecular weight excluding hydrogens is 234 g/mol. The Bertz CT molecular complexity index is 398. The summed E-state index contributed by atoms with van der Waals surface area (Å²) in [5.74, 6) is 0.928. The first-order valence-corrected chi connectivity index (χ1v) is 7.39. The Kier molecular flexibility index (Phi) is 5.35. The van der Waals surface area contributed by atoms with Crippen molar-refractivity contribution in [3.8, 4) is 0 Å². The Hall–Kier alpha value is -1.16. The van der Waals surface area contributed by atoms with Crippen molar-refractivity contribution in [3.63, 3.8) is 0 Å². The van der Waals surface area contributed by atoms with E-state index in [1.807, 2.05) is 12.1 Å². The predicted octanol–water partition coefficient (Wildman–Crippen LogP) is 1.95. The van der Waals surface area contributed by atoms with Crippen LogP contribution in [0, 0.1) is 5.92 Å². The van der Waals surface area contributed by atoms with Gasteiger partial charge in [-0.3, -0.25) is 9.00 Å². The molecule has 0 aromatic heterocycles. The number of carbonyl (C=O) groups excluding carboxylic acids is 1. The van der Waals surface area contributed by atoms with E-state index in [0.29, 0.717) is 23.8 Å². The standard InChI is InChI=1S/C13H19NO2S/c1-10(2)8-14-13(15)12-6-4-11(5-7-12)9-17(3)16/h4-7,10H,8-9H2,1-3H3,(H,14,15). The van der Waals surface area contributed by atoms with E-state index in [9.17, 15) is 9.00 Å². The van der Waals surface area contributed by atoms with Crippen molar-refractivity contribution in [2.75, 3.05) is 12.8 Å². The Morgan fingerprint density at radius 2 is 1.88 bits per heavy atom. The second kappa shape index (κ2) is 6.55. The first-order chi connectivity index (χ1) is 7.99. The van der Waals surface area contributed by atoms with E-state index in [1.54, 1.807) is 18.4 Å². The number of rotatable bonds is 5. The Morgan fingerprint density at radius 3 is 2.35 bits per heavy atom. The van der Waals surface area contributed by atoms with Gasteiger partial charge in [0.2, 0.25) is 0 Å². The SMILES string of the molecule is CC(C)CNC(=O)c1ccc(CS(C)=O)cc1. The topological polar surface area (TPSA) is 46.2 Å². The molecule has 94 valence electrons. The Balaban J connectivity index is 2.60. The lowest BCUT2D eigenvalue weighted by Crippen LogP contribution is -2.27. The average Bonchev–Trinajstić information content (AvgIpc) is 2.26. The van der Waals surface area contributed by atoms with E-state index in [-0.39, 0.29) is 5.91 Å². The van der Waals surface area contributed by atoms with Gasteiger partial charge in [0.05, 0.1) is 0 Å². The van der Waals surface area contributed by atoms with E-state index in [0.717, 1.165) is 5.56 Å². The highest BCUT2D eigenvalue weighted by molar-refractivity contribution is 7.83. The number of hydrogen-bond acceptors (Lipinski definition) is 2. The lowest BCUT2D eigenvalue weighted by atomic mass is 10.1. The Labute approximate surface area is 105 Å². The van der Waals surface area contributed by atoms with Gasteiger partial charge in [-0.2, -0.15) is 0 Å². The first kappa shape index (κ1) is 13.9. The van der Waals surface area contributed by atoms with Crippen LogP contribution in [-0.4, -0.2) is 22.9 Å². The maximum absolute atomic E-state index is 11.7. The van der Waals surface area contributed by atoms with Crippen LogP contribution in [0.25, 0.3) is 0 Å². The number of hydrogen-bond donors (Lipinski definition) is 1. The van der Waals surface area contributed by atoms with Crippen LogP contribution in [0.1, 0.15) is 29.8 Å². The molecule has 0 aliphatic rings. The van der Waals surface area contributed by atoms with Gasteiger partial charge in [-0.15, -0.1) is 0 Å². The molecule has 1 aromatic carbocycles. The third-order valence-electron chi connectivity index (χ3n) is 2.26. The summed E-state index contributed by atoms with van der Waals surface area (Å²) in [5.41, 5.74) is 1.64. The number of amides is 1. The van der Waals surface area contributed by atoms with E-state index in [1.165, 1.54) is 0 Å². The maximum atomic E-state index is 11.7. The van der Waals surface area contributed by atoms with Crippen molar-refractivity contribution >= 4 is 16.7 Å². The van der Waals surface area contributed by atoms with Crippen LogP contribution in [0.5, 0.6) is 0 Å². The monoisotopic (exact) mass is 253 g/mol. The quantitative estimate of drug-likeness (QED) is 0.872. The molecule has 0 fully saturated rings. The molecular formula is C13H19NO2S. The minimum absolute atomic E-state index is 0.0529. The molecule has 0 aliphatic carbocycles. The zero-order valence-corrected chi connectivity index (χ0v) is 11.3. The minimum Gasteiger partial charge on any atom is -0.352 e. The summed E-state index contributed by atoms with van der Waals surface area (Å²) >= 11 is 0. The summed E-state index contributed by atoms with van der Waals surface area (Å²) in [5, 5.41) is 2.86. The second-order valence-corrected chi connectivity index (χ2v) is 5.95. The molecule has 0 radical (unpaired) electrons. The number of carbonyl (C=O) groups is 1. The van der Waals surface area contributed by atoms with E-state index in [4.69, 9.17) is 0 Å². The summed E-state index contributed by atoms with van der Waals surface area (Å²) in [6.07, 6.45) is 1.67. The fraction of sp³-hybridized carbons (Fsp3) is 0.462. The van der Waals surface area contributed by atoms with Crippen LogP contribution in [0.3, 0.4) is 0 Å². The van der Waals surface area contributed by atoms with Crippen LogP contribution < -0.4 is 5.32 Å². The number of benzene rings is 1. The van der Waals surface area contributed by atoms with Gasteiger partial charge in [0.1, 0.15) is 0 Å². The highest BCUT2D eigenvalue weighted by Crippen LogP contribution is 2.06. The van der Waals surface area contributed by atoms with E-state index < -0.39 is 10.8 Å². The van der Waals surface area contributed by atoms with Crippen LogP contribution in [-0.2, 0) is 16.6 Å². The molecule has 1 unspecified atom stereocenters. The van der Waals surface area contributed by atoms with Gasteiger partial charge in [0.15, 0.2) is 0 Å². The number of nitrogens with one attached hydrogen (secondary N) is 1. The van der Waals surface area contributed by atoms with Crippen molar-refractivity contribution in [3.05, 3.63) is 35.4 Å². The zero-order valence-electron chi connectivity index (χ0n) is 10.5. The lowest BCUT2D eigenvalue weighted by Gasteiger charge is -2.08. The molecule has 0 heterocycles. The molecule has 1 amide bonds. The van der Waals surface area contributed by atoms with Gasteiger partial charge in [-0.25, -0.2) is 0 Å². The van der Waals surface area contributed by atoms with Crippen molar-refractivity contribution in [2.24, 2.45) is 5.92 Å². The summed E-state index contributed by atoms with van der Waals surface area (Å²) < 4.78 is 11.0. The molecule has 0 bridgehead atoms. The highest BCUT2D eigenvalue weighted by Gasteiger charge is 2.05. The molecule has 0 aliphatic heterocycles. The largest absolute Gasteiger partial charge is 0.352 e. The first-order valence-electron chi connectivity index (χ1n) is 5.66. The summed E-state index contributed by atoms with van der Waals surface area (Å²) in [4.78, 5) is 11.7. The fourth-order valence-corrected chi connectivity index (χ4v) is 2.05. The molecule has 0 saturated carbocycles. The average molecular weight is 253 g/mol. The normalized spacial score (nSPS) is 12.5. The lowest BCUT2D eigenvalue weighted by molar-refractivity contribution is 0.0949. The van der Waals surface area contributed by atoms with Gasteiger partial charge in [-0.1, -0.05) is 26.0 Å². The molecule has 0 spiro atoms. The van der Waals surface area contributed by atoms with Gasteiger partial charge in [0, 0.05) is 34.9 Å². The third-order valence-corrected chi connectivity index (χ3v) is 3.00. The van der Waals surface area contributed by atoms with Crippen molar-refractivity contribution in [1.29, 1.82) is 0 Å². The van der Waals surface area contributed by atoms with E-state index in [2.05, 4.69) is 19.2 Å². The summed E-state index contributed by atoms with van der Waals surface area (Å²) in [7, 11) is -0.844. The van der Waals surface area contributed by atoms with Crippen LogP contribution in [0.4, 0.5) is 0 Å². The smallest absolute Gasteiger partial charge is 0.251 e. The molecule has 1 N–H and O–H groups in total. The second-order valence-electron chi connectivity index (χ2n) is 4.52. The van der Waals surface area contributed by atoms with Gasteiger partial charge in [-0.05, 0) is 23.6 Å². The van der Waals surface area contributed by atoms with Crippen molar-refractivity contribution in [2.45, 2.75) is 19.6 Å². The molecule has 1 rings (SSSR count). The summed E-state index contributed by atoms with van der Waals surface area (Å²) in [6.45, 7) is 4.79. The van der Waals surface area contributed by atoms with Gasteiger partial charge >= 0.3 is 0 Å². The molecule has 3 nitrogen and oxygen atoms in total. The van der Waals surface area contributed by atoms with Crippen LogP contribution in [0.15, 0.2) is 24.3 Å². The maximum Gasteiger partial charge on any atom is 0.251 e. The van der Waals surface area contributed by atoms with Crippen LogP contribution >= 0.6 is 0 Å². The predicted molar refractivity (Wildman–Crippen MR) is 71.4 cm³/mol. The van der Waals surface area contributed by atoms with Gasteiger partial charge < -0.3 is 5.32 Å². The van der Waals surface area contributed by atoms with Crippen LogP contribution in [0.2, 0.25) is 0 Å². The third kappa shape index (κ3) is 5.13. The molecule has 1 aromatic rings. The van der Waals surface area contributed by atoms with Gasteiger partial charge in [0.25, 0.3) is 5.91 Å².